The van der Waals surface area contributed by atoms with Crippen LogP contribution in [0.25, 0.3) is 0 Å². The standard InChI is InChI=1S/C14H25Br/c1-2-11-5-3-4-6-12(11)9-10-14(15)13-7-8-13/h11-14H,2-10H2,1H3. The van der Waals surface area contributed by atoms with E-state index in [1.165, 1.54) is 57.8 Å². The summed E-state index contributed by atoms with van der Waals surface area (Å²) in [4.78, 5) is 0.844. The van der Waals surface area contributed by atoms with Crippen molar-refractivity contribution < 1.29 is 0 Å². The SMILES string of the molecule is CCC1CCCCC1CCC(Br)C1CC1. The van der Waals surface area contributed by atoms with Crippen LogP contribution in [0.3, 0.4) is 0 Å². The van der Waals surface area contributed by atoms with Crippen LogP contribution < -0.4 is 0 Å². The zero-order valence-corrected chi connectivity index (χ0v) is 11.6. The highest BCUT2D eigenvalue weighted by Gasteiger charge is 2.30. The highest BCUT2D eigenvalue weighted by Crippen LogP contribution is 2.41. The molecule has 1 heteroatoms. The van der Waals surface area contributed by atoms with Crippen molar-refractivity contribution in [1.82, 2.24) is 0 Å². The molecular weight excluding hydrogens is 248 g/mol. The monoisotopic (exact) mass is 272 g/mol. The third-order valence-corrected chi connectivity index (χ3v) is 5.74. The van der Waals surface area contributed by atoms with Crippen LogP contribution in [0, 0.1) is 17.8 Å². The molecule has 0 bridgehead atoms. The largest absolute Gasteiger partial charge is 0.0888 e. The van der Waals surface area contributed by atoms with Gasteiger partial charge in [-0.25, -0.2) is 0 Å². The Kier molecular flexibility index (Phi) is 4.54. The van der Waals surface area contributed by atoms with Gasteiger partial charge in [-0.15, -0.1) is 0 Å². The van der Waals surface area contributed by atoms with Gasteiger partial charge in [-0.05, 0) is 43.4 Å². The molecule has 0 amide bonds. The summed E-state index contributed by atoms with van der Waals surface area (Å²) in [5, 5.41) is 0. The molecule has 0 N–H and O–H groups in total. The molecule has 2 aliphatic carbocycles. The fourth-order valence-electron chi connectivity index (χ4n) is 3.27. The Bertz CT molecular complexity index is 186. The summed E-state index contributed by atoms with van der Waals surface area (Å²) in [5.41, 5.74) is 0. The molecule has 2 saturated carbocycles. The summed E-state index contributed by atoms with van der Waals surface area (Å²) in [6, 6.07) is 0. The quantitative estimate of drug-likeness (QED) is 0.607. The summed E-state index contributed by atoms with van der Waals surface area (Å²) >= 11 is 3.87. The molecule has 3 unspecified atom stereocenters. The molecule has 2 rings (SSSR count). The molecule has 0 aliphatic heterocycles. The number of rotatable bonds is 5. The molecule has 0 radical (unpaired) electrons. The highest BCUT2D eigenvalue weighted by molar-refractivity contribution is 9.09. The predicted molar refractivity (Wildman–Crippen MR) is 70.4 cm³/mol. The zero-order chi connectivity index (χ0) is 10.7. The van der Waals surface area contributed by atoms with Gasteiger partial charge >= 0.3 is 0 Å². The average Bonchev–Trinajstić information content (AvgIpc) is 3.10. The van der Waals surface area contributed by atoms with E-state index in [1.54, 1.807) is 0 Å². The van der Waals surface area contributed by atoms with Gasteiger partial charge in [-0.1, -0.05) is 55.0 Å². The number of alkyl halides is 1. The summed E-state index contributed by atoms with van der Waals surface area (Å²) in [6.07, 6.45) is 13.3. The Hall–Kier alpha value is 0.480. The van der Waals surface area contributed by atoms with E-state index in [4.69, 9.17) is 0 Å². The van der Waals surface area contributed by atoms with Gasteiger partial charge in [-0.3, -0.25) is 0 Å². The van der Waals surface area contributed by atoms with E-state index in [0.717, 1.165) is 22.6 Å². The normalized spacial score (nSPS) is 34.0. The van der Waals surface area contributed by atoms with E-state index in [-0.39, 0.29) is 0 Å². The van der Waals surface area contributed by atoms with Gasteiger partial charge < -0.3 is 0 Å². The maximum Gasteiger partial charge on any atom is 0.0174 e. The second-order valence-corrected chi connectivity index (χ2v) is 6.82. The number of hydrogen-bond acceptors (Lipinski definition) is 0. The lowest BCUT2D eigenvalue weighted by molar-refractivity contribution is 0.213. The maximum atomic E-state index is 3.87. The lowest BCUT2D eigenvalue weighted by atomic mass is 9.75. The third kappa shape index (κ3) is 3.47. The second kappa shape index (κ2) is 5.70. The molecule has 0 heterocycles. The minimum atomic E-state index is 0.844. The van der Waals surface area contributed by atoms with E-state index < -0.39 is 0 Å². The van der Waals surface area contributed by atoms with E-state index in [1.807, 2.05) is 0 Å². The van der Waals surface area contributed by atoms with Gasteiger partial charge in [0.05, 0.1) is 0 Å². The lowest BCUT2D eigenvalue weighted by Crippen LogP contribution is -2.20. The van der Waals surface area contributed by atoms with Crippen molar-refractivity contribution in [2.45, 2.75) is 69.5 Å². The maximum absolute atomic E-state index is 3.87. The van der Waals surface area contributed by atoms with Crippen LogP contribution in [0.2, 0.25) is 0 Å². The van der Waals surface area contributed by atoms with Gasteiger partial charge in [0.15, 0.2) is 0 Å². The Morgan fingerprint density at radius 3 is 2.33 bits per heavy atom. The fourth-order valence-corrected chi connectivity index (χ4v) is 4.06. The van der Waals surface area contributed by atoms with E-state index in [0.29, 0.717) is 0 Å². The molecule has 2 aliphatic rings. The van der Waals surface area contributed by atoms with Crippen molar-refractivity contribution in [2.75, 3.05) is 0 Å². The first-order valence-corrected chi connectivity index (χ1v) is 7.87. The summed E-state index contributed by atoms with van der Waals surface area (Å²) in [5.74, 6) is 3.15. The Balaban J connectivity index is 1.71. The Morgan fingerprint density at radius 2 is 1.73 bits per heavy atom. The van der Waals surface area contributed by atoms with E-state index in [2.05, 4.69) is 22.9 Å². The minimum absolute atomic E-state index is 0.844. The van der Waals surface area contributed by atoms with Crippen molar-refractivity contribution >= 4 is 15.9 Å². The highest BCUT2D eigenvalue weighted by atomic mass is 79.9. The van der Waals surface area contributed by atoms with Gasteiger partial charge in [0.25, 0.3) is 0 Å². The Morgan fingerprint density at radius 1 is 1.07 bits per heavy atom. The van der Waals surface area contributed by atoms with Crippen molar-refractivity contribution in [3.63, 3.8) is 0 Å². The minimum Gasteiger partial charge on any atom is -0.0888 e. The van der Waals surface area contributed by atoms with Crippen molar-refractivity contribution in [3.8, 4) is 0 Å². The molecular formula is C14H25Br. The lowest BCUT2D eigenvalue weighted by Gasteiger charge is -2.31. The van der Waals surface area contributed by atoms with Crippen LogP contribution >= 0.6 is 15.9 Å². The molecule has 0 spiro atoms. The van der Waals surface area contributed by atoms with Crippen LogP contribution in [0.5, 0.6) is 0 Å². The van der Waals surface area contributed by atoms with Crippen molar-refractivity contribution in [1.29, 1.82) is 0 Å². The van der Waals surface area contributed by atoms with Gasteiger partial charge in [0, 0.05) is 4.83 Å². The van der Waals surface area contributed by atoms with Crippen molar-refractivity contribution in [3.05, 3.63) is 0 Å². The second-order valence-electron chi connectivity index (χ2n) is 5.64. The smallest absolute Gasteiger partial charge is 0.0174 e. The van der Waals surface area contributed by atoms with Gasteiger partial charge in [0.2, 0.25) is 0 Å². The summed E-state index contributed by atoms with van der Waals surface area (Å²) < 4.78 is 0. The molecule has 0 nitrogen and oxygen atoms in total. The van der Waals surface area contributed by atoms with Crippen LogP contribution in [-0.2, 0) is 0 Å². The fraction of sp³-hybridized carbons (Fsp3) is 1.00. The molecule has 0 aromatic rings. The summed E-state index contributed by atoms with van der Waals surface area (Å²) in [7, 11) is 0. The predicted octanol–water partition coefficient (Wildman–Crippen LogP) is 5.16. The zero-order valence-electron chi connectivity index (χ0n) is 10.1. The van der Waals surface area contributed by atoms with Crippen LogP contribution in [0.4, 0.5) is 0 Å². The molecule has 0 saturated heterocycles. The first-order chi connectivity index (χ1) is 7.31. The molecule has 0 aromatic carbocycles. The molecule has 15 heavy (non-hydrogen) atoms. The topological polar surface area (TPSA) is 0 Å². The van der Waals surface area contributed by atoms with Crippen molar-refractivity contribution in [2.24, 2.45) is 17.8 Å². The third-order valence-electron chi connectivity index (χ3n) is 4.54. The summed E-state index contributed by atoms with van der Waals surface area (Å²) in [6.45, 7) is 2.38. The number of halogens is 1. The van der Waals surface area contributed by atoms with E-state index in [9.17, 15) is 0 Å². The van der Waals surface area contributed by atoms with Crippen LogP contribution in [0.15, 0.2) is 0 Å². The van der Waals surface area contributed by atoms with Gasteiger partial charge in [0.1, 0.15) is 0 Å². The van der Waals surface area contributed by atoms with Gasteiger partial charge in [-0.2, -0.15) is 0 Å². The average molecular weight is 273 g/mol. The number of hydrogen-bond donors (Lipinski definition) is 0. The van der Waals surface area contributed by atoms with Crippen LogP contribution in [0.1, 0.15) is 64.7 Å². The molecule has 3 atom stereocenters. The first kappa shape index (κ1) is 12.0. The van der Waals surface area contributed by atoms with Crippen LogP contribution in [-0.4, -0.2) is 4.83 Å². The molecule has 0 aromatic heterocycles. The Labute approximate surface area is 103 Å². The van der Waals surface area contributed by atoms with E-state index >= 15 is 0 Å². The molecule has 2 fully saturated rings. The first-order valence-electron chi connectivity index (χ1n) is 6.95. The molecule has 88 valence electrons.